The van der Waals surface area contributed by atoms with Crippen LogP contribution in [0.4, 0.5) is 0 Å². The van der Waals surface area contributed by atoms with Crippen molar-refractivity contribution in [1.82, 2.24) is 4.57 Å². The largest absolute Gasteiger partial charge is 0.344 e. The summed E-state index contributed by atoms with van der Waals surface area (Å²) in [6, 6.07) is 6.51. The predicted octanol–water partition coefficient (Wildman–Crippen LogP) is 3.98. The van der Waals surface area contributed by atoms with Gasteiger partial charge in [0, 0.05) is 26.1 Å². The summed E-state index contributed by atoms with van der Waals surface area (Å²) in [5.41, 5.74) is 2.65. The lowest BCUT2D eigenvalue weighted by Crippen LogP contribution is -2.01. The molecule has 3 heteroatoms. The molecular formula is C11H12BrNS. The first-order valence-electron chi connectivity index (χ1n) is 4.52. The molecule has 14 heavy (non-hydrogen) atoms. The molecule has 1 nitrogen and oxygen atoms in total. The number of halogens is 1. The Kier molecular flexibility index (Phi) is 2.79. The van der Waals surface area contributed by atoms with Gasteiger partial charge in [0.15, 0.2) is 0 Å². The molecule has 2 rings (SSSR count). The van der Waals surface area contributed by atoms with E-state index in [0.29, 0.717) is 0 Å². The summed E-state index contributed by atoms with van der Waals surface area (Å²) in [5.74, 6) is 0. The van der Waals surface area contributed by atoms with E-state index in [-0.39, 0.29) is 0 Å². The maximum absolute atomic E-state index is 3.47. The second-order valence-electron chi connectivity index (χ2n) is 3.43. The summed E-state index contributed by atoms with van der Waals surface area (Å²) in [6.45, 7) is 5.28. The molecular weight excluding hydrogens is 258 g/mol. The second-order valence-corrected chi connectivity index (χ2v) is 5.34. The molecule has 0 aromatic carbocycles. The minimum Gasteiger partial charge on any atom is -0.344 e. The van der Waals surface area contributed by atoms with E-state index in [9.17, 15) is 0 Å². The van der Waals surface area contributed by atoms with E-state index in [1.165, 1.54) is 20.7 Å². The van der Waals surface area contributed by atoms with Gasteiger partial charge in [0.25, 0.3) is 0 Å². The minimum absolute atomic E-state index is 0.987. The number of aromatic nitrogens is 1. The summed E-state index contributed by atoms with van der Waals surface area (Å²) < 4.78 is 3.51. The molecule has 0 N–H and O–H groups in total. The van der Waals surface area contributed by atoms with Gasteiger partial charge in [0.05, 0.1) is 6.54 Å². The fraction of sp³-hybridized carbons (Fsp3) is 0.273. The van der Waals surface area contributed by atoms with Crippen LogP contribution in [0.3, 0.4) is 0 Å². The smallest absolute Gasteiger partial charge is 0.0568 e. The van der Waals surface area contributed by atoms with E-state index in [4.69, 9.17) is 0 Å². The van der Waals surface area contributed by atoms with Gasteiger partial charge in [-0.25, -0.2) is 0 Å². The van der Waals surface area contributed by atoms with Gasteiger partial charge in [0.2, 0.25) is 0 Å². The Morgan fingerprint density at radius 2 is 1.93 bits per heavy atom. The van der Waals surface area contributed by atoms with Crippen LogP contribution in [0.2, 0.25) is 0 Å². The average molecular weight is 270 g/mol. The highest BCUT2D eigenvalue weighted by Crippen LogP contribution is 2.21. The lowest BCUT2D eigenvalue weighted by molar-refractivity contribution is 0.759. The van der Waals surface area contributed by atoms with Crippen LogP contribution < -0.4 is 0 Å². The molecule has 0 amide bonds. The number of nitrogens with zero attached hydrogens (tertiary/aromatic N) is 1. The Morgan fingerprint density at radius 3 is 2.43 bits per heavy atom. The zero-order chi connectivity index (χ0) is 10.1. The van der Waals surface area contributed by atoms with Crippen LogP contribution in [0.15, 0.2) is 28.1 Å². The van der Waals surface area contributed by atoms with E-state index in [0.717, 1.165) is 6.54 Å². The van der Waals surface area contributed by atoms with Crippen LogP contribution in [0.25, 0.3) is 0 Å². The van der Waals surface area contributed by atoms with E-state index in [2.05, 4.69) is 57.9 Å². The van der Waals surface area contributed by atoms with Crippen molar-refractivity contribution < 1.29 is 0 Å². The zero-order valence-electron chi connectivity index (χ0n) is 8.25. The lowest BCUT2D eigenvalue weighted by Gasteiger charge is -2.06. The van der Waals surface area contributed by atoms with Crippen molar-refractivity contribution in [3.05, 3.63) is 44.3 Å². The molecule has 0 unspecified atom stereocenters. The van der Waals surface area contributed by atoms with Crippen molar-refractivity contribution >= 4 is 27.3 Å². The highest BCUT2D eigenvalue weighted by Gasteiger charge is 2.03. The standard InChI is InChI=1S/C11H12BrNS/c1-8-3-4-9(2)13(8)6-11-5-10(12)7-14-11/h3-5,7H,6H2,1-2H3. The Labute approximate surface area is 96.5 Å². The molecule has 0 aliphatic carbocycles. The maximum atomic E-state index is 3.47. The quantitative estimate of drug-likeness (QED) is 0.778. The van der Waals surface area contributed by atoms with Gasteiger partial charge in [-0.3, -0.25) is 0 Å². The van der Waals surface area contributed by atoms with Crippen molar-refractivity contribution in [3.63, 3.8) is 0 Å². The average Bonchev–Trinajstić information content (AvgIpc) is 2.67. The molecule has 0 atom stereocenters. The zero-order valence-corrected chi connectivity index (χ0v) is 10.7. The van der Waals surface area contributed by atoms with Crippen LogP contribution >= 0.6 is 27.3 Å². The predicted molar refractivity (Wildman–Crippen MR) is 65.0 cm³/mol. The molecule has 2 aromatic heterocycles. The lowest BCUT2D eigenvalue weighted by atomic mass is 10.4. The van der Waals surface area contributed by atoms with Crippen molar-refractivity contribution in [2.45, 2.75) is 20.4 Å². The van der Waals surface area contributed by atoms with Gasteiger partial charge in [0.1, 0.15) is 0 Å². The molecule has 0 radical (unpaired) electrons. The SMILES string of the molecule is Cc1ccc(C)n1Cc1cc(Br)cs1. The summed E-state index contributed by atoms with van der Waals surface area (Å²) in [4.78, 5) is 1.39. The van der Waals surface area contributed by atoms with Crippen LogP contribution in [-0.4, -0.2) is 4.57 Å². The molecule has 0 aliphatic rings. The maximum Gasteiger partial charge on any atom is 0.0568 e. The fourth-order valence-corrected chi connectivity index (χ4v) is 2.98. The summed E-state index contributed by atoms with van der Waals surface area (Å²) >= 11 is 5.27. The topological polar surface area (TPSA) is 4.93 Å². The summed E-state index contributed by atoms with van der Waals surface area (Å²) in [6.07, 6.45) is 0. The molecule has 74 valence electrons. The van der Waals surface area contributed by atoms with E-state index >= 15 is 0 Å². The van der Waals surface area contributed by atoms with Gasteiger partial charge >= 0.3 is 0 Å². The highest BCUT2D eigenvalue weighted by atomic mass is 79.9. The van der Waals surface area contributed by atoms with Gasteiger partial charge in [-0.2, -0.15) is 0 Å². The minimum atomic E-state index is 0.987. The van der Waals surface area contributed by atoms with Gasteiger partial charge in [-0.15, -0.1) is 11.3 Å². The van der Waals surface area contributed by atoms with Crippen molar-refractivity contribution in [2.75, 3.05) is 0 Å². The Morgan fingerprint density at radius 1 is 1.29 bits per heavy atom. The van der Waals surface area contributed by atoms with Crippen LogP contribution in [0, 0.1) is 13.8 Å². The van der Waals surface area contributed by atoms with Crippen molar-refractivity contribution in [3.8, 4) is 0 Å². The van der Waals surface area contributed by atoms with Gasteiger partial charge < -0.3 is 4.57 Å². The third-order valence-corrected chi connectivity index (χ3v) is 4.04. The third-order valence-electron chi connectivity index (χ3n) is 2.35. The third kappa shape index (κ3) is 1.93. The number of thiophene rings is 1. The van der Waals surface area contributed by atoms with Crippen LogP contribution in [0.5, 0.6) is 0 Å². The van der Waals surface area contributed by atoms with Crippen LogP contribution in [-0.2, 0) is 6.54 Å². The highest BCUT2D eigenvalue weighted by molar-refractivity contribution is 9.10. The molecule has 0 saturated carbocycles. The molecule has 2 aromatic rings. The number of hydrogen-bond donors (Lipinski definition) is 0. The first kappa shape index (κ1) is 9.99. The van der Waals surface area contributed by atoms with E-state index in [1.807, 2.05) is 0 Å². The first-order chi connectivity index (χ1) is 6.66. The van der Waals surface area contributed by atoms with E-state index < -0.39 is 0 Å². The van der Waals surface area contributed by atoms with Crippen molar-refractivity contribution in [1.29, 1.82) is 0 Å². The number of rotatable bonds is 2. The molecule has 0 saturated heterocycles. The van der Waals surface area contributed by atoms with Crippen LogP contribution in [0.1, 0.15) is 16.3 Å². The summed E-state index contributed by atoms with van der Waals surface area (Å²) in [5, 5.41) is 2.13. The monoisotopic (exact) mass is 269 g/mol. The Hall–Kier alpha value is -0.540. The van der Waals surface area contributed by atoms with E-state index in [1.54, 1.807) is 11.3 Å². The Balaban J connectivity index is 2.26. The first-order valence-corrected chi connectivity index (χ1v) is 6.20. The normalized spacial score (nSPS) is 10.8. The second kappa shape index (κ2) is 3.91. The molecule has 0 aliphatic heterocycles. The molecule has 2 heterocycles. The molecule has 0 spiro atoms. The molecule has 0 fully saturated rings. The number of hydrogen-bond acceptors (Lipinski definition) is 1. The Bertz CT molecular complexity index is 422. The van der Waals surface area contributed by atoms with Gasteiger partial charge in [-0.1, -0.05) is 0 Å². The van der Waals surface area contributed by atoms with Gasteiger partial charge in [-0.05, 0) is 48.0 Å². The van der Waals surface area contributed by atoms with Crippen molar-refractivity contribution in [2.24, 2.45) is 0 Å². The molecule has 0 bridgehead atoms. The fourth-order valence-electron chi connectivity index (χ4n) is 1.54. The number of aryl methyl sites for hydroxylation is 2. The summed E-state index contributed by atoms with van der Waals surface area (Å²) in [7, 11) is 0.